The largest absolute Gasteiger partial charge is 0.573 e. The zero-order valence-corrected chi connectivity index (χ0v) is 22.1. The number of rotatable bonds is 7. The van der Waals surface area contributed by atoms with Crippen molar-refractivity contribution in [1.82, 2.24) is 9.80 Å². The molecule has 2 aromatic rings. The molecule has 0 aliphatic carbocycles. The zero-order valence-electron chi connectivity index (χ0n) is 21.4. The normalized spacial score (nSPS) is 20.2. The maximum absolute atomic E-state index is 13.3. The molecular weight excluding hydrogens is 521 g/mol. The number of alkyl halides is 3. The molecule has 2 heterocycles. The molecule has 10 heteroatoms. The van der Waals surface area contributed by atoms with E-state index in [0.717, 1.165) is 50.0 Å². The molecule has 0 bridgehead atoms. The summed E-state index contributed by atoms with van der Waals surface area (Å²) in [6, 6.07) is 10.3. The first-order valence-electron chi connectivity index (χ1n) is 12.9. The number of benzene rings is 2. The third kappa shape index (κ3) is 7.34. The molecule has 4 rings (SSSR count). The van der Waals surface area contributed by atoms with Gasteiger partial charge in [0.2, 0.25) is 5.91 Å². The summed E-state index contributed by atoms with van der Waals surface area (Å²) in [5, 5.41) is 0.633. The van der Waals surface area contributed by atoms with Crippen molar-refractivity contribution in [2.24, 2.45) is 5.41 Å². The molecule has 2 aromatic carbocycles. The van der Waals surface area contributed by atoms with Gasteiger partial charge in [0.05, 0.1) is 6.61 Å². The first kappa shape index (κ1) is 28.1. The number of ether oxygens (including phenoxy) is 2. The Morgan fingerprint density at radius 2 is 1.61 bits per heavy atom. The summed E-state index contributed by atoms with van der Waals surface area (Å²) in [5.74, 6) is 0.00478. The molecule has 0 N–H and O–H groups in total. The molecule has 1 unspecified atom stereocenters. The highest BCUT2D eigenvalue weighted by Crippen LogP contribution is 2.37. The summed E-state index contributed by atoms with van der Waals surface area (Å²) >= 11 is 6.15. The van der Waals surface area contributed by atoms with Gasteiger partial charge in [0, 0.05) is 48.6 Å². The van der Waals surface area contributed by atoms with E-state index < -0.39 is 11.8 Å². The van der Waals surface area contributed by atoms with Gasteiger partial charge in [0.25, 0.3) is 5.91 Å². The number of halogens is 4. The second kappa shape index (κ2) is 11.8. The molecule has 2 amide bonds. The van der Waals surface area contributed by atoms with Crippen molar-refractivity contribution in [3.8, 4) is 11.5 Å². The zero-order chi connectivity index (χ0) is 27.3. The SMILES string of the molecule is Cc1cc(OCC2(CC(=O)N3CCCCC3)CCCN(C(=O)c3ccc(OC(F)(F)F)cc3)C2)ccc1Cl. The number of carbonyl (C=O) groups is 2. The van der Waals surface area contributed by atoms with Gasteiger partial charge >= 0.3 is 6.36 Å². The molecule has 2 saturated heterocycles. The first-order valence-corrected chi connectivity index (χ1v) is 13.2. The lowest BCUT2D eigenvalue weighted by Gasteiger charge is -2.43. The molecule has 0 spiro atoms. The van der Waals surface area contributed by atoms with Crippen LogP contribution >= 0.6 is 11.6 Å². The fourth-order valence-corrected chi connectivity index (χ4v) is 5.31. The summed E-state index contributed by atoms with van der Waals surface area (Å²) in [4.78, 5) is 30.2. The lowest BCUT2D eigenvalue weighted by atomic mass is 9.77. The van der Waals surface area contributed by atoms with Gasteiger partial charge < -0.3 is 19.3 Å². The molecule has 0 saturated carbocycles. The Kier molecular flexibility index (Phi) is 8.75. The van der Waals surface area contributed by atoms with E-state index in [9.17, 15) is 22.8 Å². The third-order valence-corrected chi connectivity index (χ3v) is 7.62. The van der Waals surface area contributed by atoms with Crippen molar-refractivity contribution >= 4 is 23.4 Å². The van der Waals surface area contributed by atoms with Crippen molar-refractivity contribution in [1.29, 1.82) is 0 Å². The van der Waals surface area contributed by atoms with Crippen LogP contribution in [-0.2, 0) is 4.79 Å². The van der Waals surface area contributed by atoms with Crippen molar-refractivity contribution in [3.05, 3.63) is 58.6 Å². The summed E-state index contributed by atoms with van der Waals surface area (Å²) < 4.78 is 47.6. The van der Waals surface area contributed by atoms with Crippen LogP contribution in [0.3, 0.4) is 0 Å². The van der Waals surface area contributed by atoms with Gasteiger partial charge in [-0.15, -0.1) is 13.2 Å². The molecule has 0 radical (unpaired) electrons. The van der Waals surface area contributed by atoms with Gasteiger partial charge in [-0.25, -0.2) is 0 Å². The standard InChI is InChI=1S/C28H32ClF3N2O4/c1-20-16-23(10-11-24(20)29)37-19-27(17-25(35)33-13-3-2-4-14-33)12-5-15-34(18-27)26(36)21-6-8-22(9-7-21)38-28(30,31)32/h6-11,16H,2-5,12-15,17-19H2,1H3. The quantitative estimate of drug-likeness (QED) is 0.407. The highest BCUT2D eigenvalue weighted by molar-refractivity contribution is 6.31. The molecule has 206 valence electrons. The number of hydrogen-bond donors (Lipinski definition) is 0. The van der Waals surface area contributed by atoms with Crippen molar-refractivity contribution in [3.63, 3.8) is 0 Å². The summed E-state index contributed by atoms with van der Waals surface area (Å²) in [6.07, 6.45) is -0.0826. The Hall–Kier alpha value is -2.94. The highest BCUT2D eigenvalue weighted by atomic mass is 35.5. The van der Waals surface area contributed by atoms with Crippen LogP contribution in [0.5, 0.6) is 11.5 Å². The number of amides is 2. The Morgan fingerprint density at radius 1 is 0.947 bits per heavy atom. The Balaban J connectivity index is 1.51. The van der Waals surface area contributed by atoms with E-state index >= 15 is 0 Å². The van der Waals surface area contributed by atoms with E-state index in [1.807, 2.05) is 17.9 Å². The minimum Gasteiger partial charge on any atom is -0.493 e. The van der Waals surface area contributed by atoms with Gasteiger partial charge in [-0.1, -0.05) is 11.6 Å². The van der Waals surface area contributed by atoms with Crippen molar-refractivity contribution in [2.45, 2.75) is 51.8 Å². The molecular formula is C28H32ClF3N2O4. The van der Waals surface area contributed by atoms with Crippen molar-refractivity contribution < 1.29 is 32.2 Å². The molecule has 2 aliphatic heterocycles. The smallest absolute Gasteiger partial charge is 0.493 e. The second-order valence-electron chi connectivity index (χ2n) is 10.2. The lowest BCUT2D eigenvalue weighted by Crippen LogP contribution is -2.51. The number of likely N-dealkylation sites (tertiary alicyclic amines) is 2. The number of aryl methyl sites for hydroxylation is 1. The number of nitrogens with zero attached hydrogens (tertiary/aromatic N) is 2. The van der Waals surface area contributed by atoms with Gasteiger partial charge in [0.1, 0.15) is 11.5 Å². The van der Waals surface area contributed by atoms with Crippen LogP contribution in [0, 0.1) is 12.3 Å². The van der Waals surface area contributed by atoms with Gasteiger partial charge in [-0.2, -0.15) is 0 Å². The predicted octanol–water partition coefficient (Wildman–Crippen LogP) is 6.25. The van der Waals surface area contributed by atoms with Crippen LogP contribution in [-0.4, -0.2) is 60.8 Å². The van der Waals surface area contributed by atoms with E-state index in [0.29, 0.717) is 36.7 Å². The monoisotopic (exact) mass is 552 g/mol. The highest BCUT2D eigenvalue weighted by Gasteiger charge is 2.41. The second-order valence-corrected chi connectivity index (χ2v) is 10.6. The van der Waals surface area contributed by atoms with Gasteiger partial charge in [-0.05, 0) is 87.1 Å². The molecule has 2 fully saturated rings. The van der Waals surface area contributed by atoms with E-state index in [1.54, 1.807) is 17.0 Å². The fraction of sp³-hybridized carbons (Fsp3) is 0.500. The minimum absolute atomic E-state index is 0.0588. The molecule has 38 heavy (non-hydrogen) atoms. The number of piperidine rings is 2. The summed E-state index contributed by atoms with van der Waals surface area (Å²) in [7, 11) is 0. The van der Waals surface area contributed by atoms with Crippen LogP contribution in [0.4, 0.5) is 13.2 Å². The lowest BCUT2D eigenvalue weighted by molar-refractivity contribution is -0.274. The van der Waals surface area contributed by atoms with E-state index in [2.05, 4.69) is 4.74 Å². The summed E-state index contributed by atoms with van der Waals surface area (Å²) in [5.41, 5.74) is 0.530. The van der Waals surface area contributed by atoms with Crippen LogP contribution in [0.15, 0.2) is 42.5 Å². The van der Waals surface area contributed by atoms with Crippen LogP contribution < -0.4 is 9.47 Å². The van der Waals surface area contributed by atoms with E-state index in [-0.39, 0.29) is 36.2 Å². The molecule has 6 nitrogen and oxygen atoms in total. The van der Waals surface area contributed by atoms with E-state index in [1.165, 1.54) is 12.1 Å². The molecule has 0 aromatic heterocycles. The van der Waals surface area contributed by atoms with Gasteiger partial charge in [-0.3, -0.25) is 9.59 Å². The first-order chi connectivity index (χ1) is 18.0. The average molecular weight is 553 g/mol. The number of carbonyl (C=O) groups excluding carboxylic acids is 2. The third-order valence-electron chi connectivity index (χ3n) is 7.19. The topological polar surface area (TPSA) is 59.1 Å². The van der Waals surface area contributed by atoms with Crippen molar-refractivity contribution in [2.75, 3.05) is 32.8 Å². The minimum atomic E-state index is -4.80. The Morgan fingerprint density at radius 3 is 2.26 bits per heavy atom. The van der Waals surface area contributed by atoms with Crippen LogP contribution in [0.2, 0.25) is 5.02 Å². The van der Waals surface area contributed by atoms with Crippen LogP contribution in [0.1, 0.15) is 54.4 Å². The number of hydrogen-bond acceptors (Lipinski definition) is 4. The predicted molar refractivity (Wildman–Crippen MR) is 137 cm³/mol. The Bertz CT molecular complexity index is 1140. The molecule has 1 atom stereocenters. The Labute approximate surface area is 225 Å². The van der Waals surface area contributed by atoms with Gasteiger partial charge in [0.15, 0.2) is 0 Å². The maximum atomic E-state index is 13.3. The summed E-state index contributed by atoms with van der Waals surface area (Å²) in [6.45, 7) is 4.40. The fourth-order valence-electron chi connectivity index (χ4n) is 5.20. The average Bonchev–Trinajstić information content (AvgIpc) is 2.89. The maximum Gasteiger partial charge on any atom is 0.573 e. The van der Waals surface area contributed by atoms with Crippen LogP contribution in [0.25, 0.3) is 0 Å². The van der Waals surface area contributed by atoms with E-state index in [4.69, 9.17) is 16.3 Å². The molecule has 2 aliphatic rings.